The molecule has 0 radical (unpaired) electrons. The molecule has 0 fully saturated rings. The molecule has 0 saturated heterocycles. The van der Waals surface area contributed by atoms with Gasteiger partial charge in [0.05, 0.1) is 23.6 Å². The van der Waals surface area contributed by atoms with Crippen LogP contribution in [0.4, 0.5) is 5.82 Å². The molecule has 0 N–H and O–H groups in total. The van der Waals surface area contributed by atoms with Gasteiger partial charge in [-0.05, 0) is 85.7 Å². The van der Waals surface area contributed by atoms with Crippen LogP contribution in [-0.4, -0.2) is 17.5 Å². The Morgan fingerprint density at radius 1 is 1.03 bits per heavy atom. The zero-order chi connectivity index (χ0) is 25.6. The molecule has 0 bridgehead atoms. The van der Waals surface area contributed by atoms with Crippen LogP contribution in [0.1, 0.15) is 64.7 Å². The standard InChI is InChI=1S/C30H30N2O4/c1-17(2)11-12-35-22-8-6-7-21(15-22)27-26-28(33)23-13-19(4)20(5)14-24(23)36-29(26)30(34)32(27)25-10-9-18(3)16-31-25/h6-10,13-17,27H,11-12H2,1-5H3. The van der Waals surface area contributed by atoms with Gasteiger partial charge in [-0.1, -0.05) is 32.0 Å². The summed E-state index contributed by atoms with van der Waals surface area (Å²) in [5, 5.41) is 0.470. The number of rotatable bonds is 6. The lowest BCUT2D eigenvalue weighted by Gasteiger charge is -2.24. The molecule has 36 heavy (non-hydrogen) atoms. The molecule has 184 valence electrons. The van der Waals surface area contributed by atoms with Crippen molar-refractivity contribution < 1.29 is 13.9 Å². The highest BCUT2D eigenvalue weighted by atomic mass is 16.5. The van der Waals surface area contributed by atoms with Crippen LogP contribution in [0, 0.1) is 26.7 Å². The number of hydrogen-bond acceptors (Lipinski definition) is 5. The van der Waals surface area contributed by atoms with Crippen LogP contribution in [0.2, 0.25) is 0 Å². The Hall–Kier alpha value is -3.93. The van der Waals surface area contributed by atoms with Crippen LogP contribution >= 0.6 is 0 Å². The molecule has 1 aliphatic rings. The number of amides is 1. The zero-order valence-electron chi connectivity index (χ0n) is 21.3. The lowest BCUT2D eigenvalue weighted by atomic mass is 9.97. The van der Waals surface area contributed by atoms with Crippen molar-refractivity contribution in [1.29, 1.82) is 0 Å². The lowest BCUT2D eigenvalue weighted by Crippen LogP contribution is -2.30. The van der Waals surface area contributed by atoms with Gasteiger partial charge in [0.2, 0.25) is 5.76 Å². The first kappa shape index (κ1) is 23.8. The van der Waals surface area contributed by atoms with E-state index in [0.29, 0.717) is 40.6 Å². The summed E-state index contributed by atoms with van der Waals surface area (Å²) >= 11 is 0. The van der Waals surface area contributed by atoms with Crippen LogP contribution < -0.4 is 15.1 Å². The molecule has 0 saturated carbocycles. The molecule has 6 heteroatoms. The fourth-order valence-electron chi connectivity index (χ4n) is 4.57. The molecule has 1 aliphatic heterocycles. The Kier molecular flexibility index (Phi) is 6.12. The van der Waals surface area contributed by atoms with Crippen molar-refractivity contribution in [2.45, 2.75) is 47.1 Å². The van der Waals surface area contributed by atoms with Crippen molar-refractivity contribution in [3.8, 4) is 5.75 Å². The lowest BCUT2D eigenvalue weighted by molar-refractivity contribution is 0.0970. The summed E-state index contributed by atoms with van der Waals surface area (Å²) in [4.78, 5) is 33.7. The molecule has 0 spiro atoms. The van der Waals surface area contributed by atoms with E-state index in [1.807, 2.05) is 63.2 Å². The number of nitrogens with zero attached hydrogens (tertiary/aromatic N) is 2. The molecule has 5 rings (SSSR count). The van der Waals surface area contributed by atoms with Gasteiger partial charge in [0.15, 0.2) is 5.43 Å². The van der Waals surface area contributed by atoms with Gasteiger partial charge in [-0.3, -0.25) is 14.5 Å². The van der Waals surface area contributed by atoms with E-state index in [1.54, 1.807) is 17.2 Å². The number of hydrogen-bond donors (Lipinski definition) is 0. The number of anilines is 1. The van der Waals surface area contributed by atoms with E-state index in [9.17, 15) is 9.59 Å². The first-order valence-corrected chi connectivity index (χ1v) is 12.3. The quantitative estimate of drug-likeness (QED) is 0.323. The Morgan fingerprint density at radius 3 is 2.53 bits per heavy atom. The zero-order valence-corrected chi connectivity index (χ0v) is 21.3. The highest BCUT2D eigenvalue weighted by molar-refractivity contribution is 6.10. The molecule has 1 unspecified atom stereocenters. The third-order valence-electron chi connectivity index (χ3n) is 6.77. The van der Waals surface area contributed by atoms with Crippen molar-refractivity contribution in [3.05, 3.63) is 98.5 Å². The predicted octanol–water partition coefficient (Wildman–Crippen LogP) is 6.29. The number of aromatic nitrogens is 1. The van der Waals surface area contributed by atoms with Gasteiger partial charge >= 0.3 is 0 Å². The maximum absolute atomic E-state index is 13.9. The highest BCUT2D eigenvalue weighted by Gasteiger charge is 2.44. The average molecular weight is 483 g/mol. The van der Waals surface area contributed by atoms with Gasteiger partial charge in [0.25, 0.3) is 5.91 Å². The summed E-state index contributed by atoms with van der Waals surface area (Å²) < 4.78 is 12.1. The summed E-state index contributed by atoms with van der Waals surface area (Å²) in [5.41, 5.74) is 4.28. The Bertz CT molecular complexity index is 1520. The van der Waals surface area contributed by atoms with Gasteiger partial charge in [0, 0.05) is 6.20 Å². The molecular weight excluding hydrogens is 452 g/mol. The number of pyridine rings is 1. The first-order chi connectivity index (χ1) is 17.2. The topological polar surface area (TPSA) is 72.6 Å². The molecule has 1 atom stereocenters. The van der Waals surface area contributed by atoms with E-state index >= 15 is 0 Å². The third kappa shape index (κ3) is 4.17. The van der Waals surface area contributed by atoms with Gasteiger partial charge < -0.3 is 9.15 Å². The Morgan fingerprint density at radius 2 is 1.81 bits per heavy atom. The number of aryl methyl sites for hydroxylation is 3. The Balaban J connectivity index is 1.69. The summed E-state index contributed by atoms with van der Waals surface area (Å²) in [6, 6.07) is 14.3. The van der Waals surface area contributed by atoms with E-state index in [4.69, 9.17) is 9.15 Å². The number of carbonyl (C=O) groups is 1. The average Bonchev–Trinajstić information content (AvgIpc) is 3.13. The summed E-state index contributed by atoms with van der Waals surface area (Å²) in [6.07, 6.45) is 2.65. The van der Waals surface area contributed by atoms with E-state index in [1.165, 1.54) is 0 Å². The number of ether oxygens (including phenoxy) is 1. The van der Waals surface area contributed by atoms with Crippen LogP contribution in [0.5, 0.6) is 5.75 Å². The van der Waals surface area contributed by atoms with Crippen molar-refractivity contribution in [2.24, 2.45) is 5.92 Å². The van der Waals surface area contributed by atoms with Gasteiger partial charge in [-0.15, -0.1) is 0 Å². The first-order valence-electron chi connectivity index (χ1n) is 12.3. The van der Waals surface area contributed by atoms with Crippen molar-refractivity contribution in [1.82, 2.24) is 4.98 Å². The molecule has 0 aliphatic carbocycles. The van der Waals surface area contributed by atoms with Gasteiger partial charge in [-0.25, -0.2) is 4.98 Å². The van der Waals surface area contributed by atoms with E-state index in [2.05, 4.69) is 18.8 Å². The molecule has 4 aromatic rings. The molecule has 6 nitrogen and oxygen atoms in total. The predicted molar refractivity (Wildman–Crippen MR) is 141 cm³/mol. The summed E-state index contributed by atoms with van der Waals surface area (Å²) in [5.74, 6) is 1.37. The summed E-state index contributed by atoms with van der Waals surface area (Å²) in [6.45, 7) is 10.8. The Labute approximate surface area is 210 Å². The van der Waals surface area contributed by atoms with E-state index in [0.717, 1.165) is 28.7 Å². The molecule has 2 aromatic heterocycles. The van der Waals surface area contributed by atoms with Crippen molar-refractivity contribution in [3.63, 3.8) is 0 Å². The van der Waals surface area contributed by atoms with Crippen molar-refractivity contribution in [2.75, 3.05) is 11.5 Å². The highest BCUT2D eigenvalue weighted by Crippen LogP contribution is 2.41. The fourth-order valence-corrected chi connectivity index (χ4v) is 4.57. The second-order valence-electron chi connectivity index (χ2n) is 9.98. The van der Waals surface area contributed by atoms with Crippen LogP contribution in [0.25, 0.3) is 11.0 Å². The fraction of sp³-hybridized carbons (Fsp3) is 0.300. The van der Waals surface area contributed by atoms with Crippen LogP contribution in [-0.2, 0) is 0 Å². The SMILES string of the molecule is Cc1ccc(N2C(=O)c3oc4cc(C)c(C)cc4c(=O)c3C2c2cccc(OCCC(C)C)c2)nc1. The molecule has 3 heterocycles. The second-order valence-corrected chi connectivity index (χ2v) is 9.98. The third-order valence-corrected chi connectivity index (χ3v) is 6.77. The minimum atomic E-state index is -0.682. The number of fused-ring (bicyclic) bond motifs is 2. The van der Waals surface area contributed by atoms with E-state index in [-0.39, 0.29) is 17.1 Å². The molecule has 1 amide bonds. The minimum absolute atomic E-state index is 0.0641. The largest absolute Gasteiger partial charge is 0.494 e. The molecule has 2 aromatic carbocycles. The second kappa shape index (κ2) is 9.26. The maximum atomic E-state index is 13.9. The number of carbonyl (C=O) groups excluding carboxylic acids is 1. The maximum Gasteiger partial charge on any atom is 0.296 e. The number of benzene rings is 2. The van der Waals surface area contributed by atoms with Gasteiger partial charge in [0.1, 0.15) is 17.2 Å². The normalized spacial score (nSPS) is 15.1. The van der Waals surface area contributed by atoms with Crippen LogP contribution in [0.15, 0.2) is 63.9 Å². The molecular formula is C30H30N2O4. The van der Waals surface area contributed by atoms with Crippen molar-refractivity contribution >= 4 is 22.7 Å². The van der Waals surface area contributed by atoms with E-state index < -0.39 is 6.04 Å². The smallest absolute Gasteiger partial charge is 0.296 e. The monoisotopic (exact) mass is 482 g/mol. The minimum Gasteiger partial charge on any atom is -0.494 e. The van der Waals surface area contributed by atoms with Gasteiger partial charge in [-0.2, -0.15) is 0 Å². The summed E-state index contributed by atoms with van der Waals surface area (Å²) in [7, 11) is 0. The van der Waals surface area contributed by atoms with Crippen LogP contribution in [0.3, 0.4) is 0 Å².